The van der Waals surface area contributed by atoms with E-state index in [1.165, 1.54) is 11.1 Å². The number of nitrogens with zero attached hydrogens (tertiary/aromatic N) is 3. The number of hydrogen-bond donors (Lipinski definition) is 1. The molecule has 1 aliphatic rings. The summed E-state index contributed by atoms with van der Waals surface area (Å²) >= 11 is 0. The Kier molecular flexibility index (Phi) is 5.15. The normalized spacial score (nSPS) is 15.8. The molecule has 0 saturated carbocycles. The number of H-pyrrole nitrogens is 1. The first-order valence-corrected chi connectivity index (χ1v) is 10.5. The molecule has 0 bridgehead atoms. The third kappa shape index (κ3) is 3.91. The van der Waals surface area contributed by atoms with E-state index in [1.54, 1.807) is 0 Å². The largest absolute Gasteiger partial charge is 0.343 e. The van der Waals surface area contributed by atoms with Gasteiger partial charge < -0.3 is 9.88 Å². The summed E-state index contributed by atoms with van der Waals surface area (Å²) in [5, 5.41) is 0. The fourth-order valence-electron chi connectivity index (χ4n) is 4.47. The van der Waals surface area contributed by atoms with Crippen LogP contribution in [0.4, 0.5) is 0 Å². The molecule has 0 aliphatic carbocycles. The van der Waals surface area contributed by atoms with Gasteiger partial charge in [-0.1, -0.05) is 44.2 Å². The summed E-state index contributed by atoms with van der Waals surface area (Å²) in [5.74, 6) is 1.58. The molecule has 0 unspecified atom stereocenters. The summed E-state index contributed by atoms with van der Waals surface area (Å²) in [6, 6.07) is 10.3. The molecule has 0 radical (unpaired) electrons. The van der Waals surface area contributed by atoms with Crippen molar-refractivity contribution in [1.29, 1.82) is 0 Å². The summed E-state index contributed by atoms with van der Waals surface area (Å²) < 4.78 is 0. The molecule has 1 aliphatic heterocycles. The number of piperidine rings is 1. The molecule has 5 heteroatoms. The van der Waals surface area contributed by atoms with Gasteiger partial charge in [0.1, 0.15) is 5.82 Å². The minimum Gasteiger partial charge on any atom is -0.343 e. The van der Waals surface area contributed by atoms with Gasteiger partial charge in [0.05, 0.1) is 16.7 Å². The molecule has 1 saturated heterocycles. The lowest BCUT2D eigenvalue weighted by Crippen LogP contribution is -2.40. The van der Waals surface area contributed by atoms with E-state index >= 15 is 0 Å². The average molecular weight is 391 g/mol. The van der Waals surface area contributed by atoms with E-state index in [0.29, 0.717) is 12.3 Å². The Bertz CT molecular complexity index is 1010. The number of aryl methyl sites for hydroxylation is 2. The number of carbonyl (C=O) groups excluding carboxylic acids is 1. The number of carbonyl (C=O) groups is 1. The molecule has 0 spiro atoms. The Morgan fingerprint density at radius 2 is 1.86 bits per heavy atom. The first-order chi connectivity index (χ1) is 13.8. The van der Waals surface area contributed by atoms with Crippen LogP contribution in [0, 0.1) is 13.8 Å². The lowest BCUT2D eigenvalue weighted by Gasteiger charge is -2.35. The summed E-state index contributed by atoms with van der Waals surface area (Å²) in [7, 11) is 0. The van der Waals surface area contributed by atoms with Gasteiger partial charge in [-0.3, -0.25) is 9.78 Å². The van der Waals surface area contributed by atoms with E-state index in [0.717, 1.165) is 48.5 Å². The van der Waals surface area contributed by atoms with Crippen molar-refractivity contribution in [3.8, 4) is 0 Å². The van der Waals surface area contributed by atoms with Gasteiger partial charge in [0.15, 0.2) is 0 Å². The van der Waals surface area contributed by atoms with E-state index in [9.17, 15) is 4.79 Å². The Morgan fingerprint density at radius 3 is 2.55 bits per heavy atom. The van der Waals surface area contributed by atoms with Gasteiger partial charge in [0.25, 0.3) is 0 Å². The molecule has 5 nitrogen and oxygen atoms in total. The van der Waals surface area contributed by atoms with Crippen LogP contribution in [0.5, 0.6) is 0 Å². The summed E-state index contributed by atoms with van der Waals surface area (Å²) in [5.41, 5.74) is 5.35. The van der Waals surface area contributed by atoms with Crippen molar-refractivity contribution in [1.82, 2.24) is 19.9 Å². The highest BCUT2D eigenvalue weighted by molar-refractivity contribution is 5.81. The van der Waals surface area contributed by atoms with Gasteiger partial charge in [-0.05, 0) is 43.6 Å². The number of aromatic nitrogens is 3. The van der Waals surface area contributed by atoms with E-state index in [-0.39, 0.29) is 11.3 Å². The van der Waals surface area contributed by atoms with Gasteiger partial charge in [0, 0.05) is 31.3 Å². The number of pyridine rings is 1. The maximum atomic E-state index is 13.0. The van der Waals surface area contributed by atoms with Gasteiger partial charge in [-0.15, -0.1) is 0 Å². The monoisotopic (exact) mass is 390 g/mol. The molecule has 3 aromatic rings. The molecule has 152 valence electrons. The lowest BCUT2D eigenvalue weighted by molar-refractivity contribution is -0.133. The van der Waals surface area contributed by atoms with Gasteiger partial charge >= 0.3 is 0 Å². The second-order valence-electron chi connectivity index (χ2n) is 8.93. The Balaban J connectivity index is 1.43. The van der Waals surface area contributed by atoms with Crippen LogP contribution in [0.1, 0.15) is 61.7 Å². The molecule has 1 amide bonds. The van der Waals surface area contributed by atoms with Crippen LogP contribution in [0.15, 0.2) is 36.5 Å². The maximum Gasteiger partial charge on any atom is 0.223 e. The molecule has 1 N–H and O–H groups in total. The highest BCUT2D eigenvalue weighted by Crippen LogP contribution is 2.34. The third-order valence-electron chi connectivity index (χ3n) is 6.29. The van der Waals surface area contributed by atoms with Crippen molar-refractivity contribution in [3.05, 3.63) is 59.2 Å². The molecular formula is C24H30N4O. The van der Waals surface area contributed by atoms with Gasteiger partial charge in [-0.25, -0.2) is 4.98 Å². The van der Waals surface area contributed by atoms with Gasteiger partial charge in [0.2, 0.25) is 5.91 Å². The SMILES string of the molecule is Cc1nc2c(C3CCN(C(=O)CC(C)(C)c4ccccc4)CC3)cnc(C)c2[nH]1. The predicted octanol–water partition coefficient (Wildman–Crippen LogP) is 4.65. The van der Waals surface area contributed by atoms with Crippen LogP contribution in [0.3, 0.4) is 0 Å². The quantitative estimate of drug-likeness (QED) is 0.705. The predicted molar refractivity (Wildman–Crippen MR) is 116 cm³/mol. The zero-order chi connectivity index (χ0) is 20.6. The highest BCUT2D eigenvalue weighted by Gasteiger charge is 2.30. The standard InChI is InChI=1S/C24H30N4O/c1-16-22-23(27-17(2)26-22)20(15-25-16)18-10-12-28(13-11-18)21(29)14-24(3,4)19-8-6-5-7-9-19/h5-9,15,18H,10-14H2,1-4H3,(H,26,27). The molecule has 1 aromatic carbocycles. The molecule has 4 rings (SSSR count). The average Bonchev–Trinajstić information content (AvgIpc) is 3.11. The zero-order valence-electron chi connectivity index (χ0n) is 17.8. The highest BCUT2D eigenvalue weighted by atomic mass is 16.2. The molecule has 29 heavy (non-hydrogen) atoms. The number of rotatable bonds is 4. The number of imidazole rings is 1. The zero-order valence-corrected chi connectivity index (χ0v) is 17.8. The summed E-state index contributed by atoms with van der Waals surface area (Å²) in [6.45, 7) is 9.90. The van der Waals surface area contributed by atoms with Crippen LogP contribution in [0.25, 0.3) is 11.0 Å². The van der Waals surface area contributed by atoms with Crippen LogP contribution in [-0.4, -0.2) is 38.8 Å². The number of fused-ring (bicyclic) bond motifs is 1. The maximum absolute atomic E-state index is 13.0. The Labute approximate surface area is 172 Å². The first kappa shape index (κ1) is 19.6. The fraction of sp³-hybridized carbons (Fsp3) is 0.458. The Hall–Kier alpha value is -2.69. The number of aromatic amines is 1. The minimum absolute atomic E-state index is 0.158. The summed E-state index contributed by atoms with van der Waals surface area (Å²) in [4.78, 5) is 27.7. The van der Waals surface area contributed by atoms with E-state index in [4.69, 9.17) is 4.98 Å². The van der Waals surface area contributed by atoms with Crippen molar-refractivity contribution in [2.75, 3.05) is 13.1 Å². The minimum atomic E-state index is -0.158. The van der Waals surface area contributed by atoms with Crippen molar-refractivity contribution in [2.45, 2.75) is 58.3 Å². The molecular weight excluding hydrogens is 360 g/mol. The molecule has 1 fully saturated rings. The van der Waals surface area contributed by atoms with E-state index in [2.05, 4.69) is 35.9 Å². The number of nitrogens with one attached hydrogen (secondary N) is 1. The van der Waals surface area contributed by atoms with Crippen LogP contribution in [0.2, 0.25) is 0 Å². The number of benzene rings is 1. The first-order valence-electron chi connectivity index (χ1n) is 10.5. The van der Waals surface area contributed by atoms with E-state index in [1.807, 2.05) is 43.1 Å². The Morgan fingerprint density at radius 1 is 1.17 bits per heavy atom. The smallest absolute Gasteiger partial charge is 0.223 e. The van der Waals surface area contributed by atoms with Crippen molar-refractivity contribution >= 4 is 16.9 Å². The van der Waals surface area contributed by atoms with Gasteiger partial charge in [-0.2, -0.15) is 0 Å². The number of amides is 1. The fourth-order valence-corrected chi connectivity index (χ4v) is 4.47. The molecule has 0 atom stereocenters. The number of hydrogen-bond acceptors (Lipinski definition) is 3. The third-order valence-corrected chi connectivity index (χ3v) is 6.29. The van der Waals surface area contributed by atoms with E-state index < -0.39 is 0 Å². The van der Waals surface area contributed by atoms with Crippen molar-refractivity contribution in [2.24, 2.45) is 0 Å². The topological polar surface area (TPSA) is 61.9 Å². The second-order valence-corrected chi connectivity index (χ2v) is 8.93. The van der Waals surface area contributed by atoms with Crippen LogP contribution >= 0.6 is 0 Å². The van der Waals surface area contributed by atoms with Crippen molar-refractivity contribution in [3.63, 3.8) is 0 Å². The number of likely N-dealkylation sites (tertiary alicyclic amines) is 1. The second kappa shape index (κ2) is 7.62. The van der Waals surface area contributed by atoms with Crippen LogP contribution in [-0.2, 0) is 10.2 Å². The molecule has 3 heterocycles. The van der Waals surface area contributed by atoms with Crippen molar-refractivity contribution < 1.29 is 4.79 Å². The molecule has 2 aromatic heterocycles. The van der Waals surface area contributed by atoms with Crippen LogP contribution < -0.4 is 0 Å². The lowest BCUT2D eigenvalue weighted by atomic mass is 9.81. The summed E-state index contributed by atoms with van der Waals surface area (Å²) in [6.07, 6.45) is 4.45.